The fourth-order valence-corrected chi connectivity index (χ4v) is 2.60. The first-order chi connectivity index (χ1) is 12.6. The van der Waals surface area contributed by atoms with Crippen molar-refractivity contribution < 1.29 is 14.2 Å². The van der Waals surface area contributed by atoms with Crippen LogP contribution in [0.2, 0.25) is 0 Å². The minimum Gasteiger partial charge on any atom is -0.344 e. The molecule has 0 saturated heterocycles. The van der Waals surface area contributed by atoms with Crippen LogP contribution in [0.25, 0.3) is 11.4 Å². The van der Waals surface area contributed by atoms with Crippen molar-refractivity contribution in [2.45, 2.75) is 53.5 Å². The Morgan fingerprint density at radius 2 is 1.93 bits per heavy atom. The Bertz CT molecular complexity index is 793. The Hall–Kier alpha value is -2.77. The lowest BCUT2D eigenvalue weighted by Gasteiger charge is -2.23. The number of hydrogen-bond donors (Lipinski definition) is 1. The molecule has 2 rings (SSSR count). The first kappa shape index (κ1) is 20.5. The van der Waals surface area contributed by atoms with Gasteiger partial charge in [-0.1, -0.05) is 46.2 Å². The van der Waals surface area contributed by atoms with Crippen LogP contribution in [-0.4, -0.2) is 21.0 Å². The van der Waals surface area contributed by atoms with Gasteiger partial charge < -0.3 is 9.84 Å². The molecular weight excluding hydrogens is 348 g/mol. The van der Waals surface area contributed by atoms with Gasteiger partial charge in [0, 0.05) is 24.1 Å². The Balaban J connectivity index is 2.22. The molecule has 146 valence electrons. The molecule has 0 bridgehead atoms. The monoisotopic (exact) mass is 374 g/mol. The number of rotatable bonds is 7. The zero-order chi connectivity index (χ0) is 20.2. The maximum Gasteiger partial charge on any atom is 0.269 e. The van der Waals surface area contributed by atoms with Crippen molar-refractivity contribution >= 4 is 11.6 Å². The SMILES string of the molecule is CC[C@H](C)[C@H](NC(=O)CC(C)(C)C)c1nc(-c2ccc([N+](=O)[O-])cc2)no1. The van der Waals surface area contributed by atoms with Gasteiger partial charge in [0.05, 0.1) is 4.92 Å². The number of nitrogens with zero attached hydrogens (tertiary/aromatic N) is 3. The third-order valence-corrected chi connectivity index (χ3v) is 4.26. The summed E-state index contributed by atoms with van der Waals surface area (Å²) in [4.78, 5) is 27.1. The number of carbonyl (C=O) groups excluding carboxylic acids is 1. The molecule has 0 unspecified atom stereocenters. The van der Waals surface area contributed by atoms with Crippen LogP contribution in [0.3, 0.4) is 0 Å². The van der Waals surface area contributed by atoms with E-state index in [1.807, 2.05) is 34.6 Å². The summed E-state index contributed by atoms with van der Waals surface area (Å²) in [7, 11) is 0. The number of amides is 1. The molecule has 8 nitrogen and oxygen atoms in total. The van der Waals surface area contributed by atoms with E-state index in [2.05, 4.69) is 15.5 Å². The summed E-state index contributed by atoms with van der Waals surface area (Å²) in [6.07, 6.45) is 1.22. The molecule has 0 fully saturated rings. The van der Waals surface area contributed by atoms with E-state index >= 15 is 0 Å². The highest BCUT2D eigenvalue weighted by molar-refractivity contribution is 5.77. The standard InChI is InChI=1S/C19H26N4O4/c1-6-12(2)16(20-15(24)11-19(3,4)5)18-21-17(22-27-18)13-7-9-14(10-8-13)23(25)26/h7-10,12,16H,6,11H2,1-5H3,(H,20,24)/t12-,16-/m0/s1. The molecule has 0 aliphatic carbocycles. The molecule has 0 aliphatic heterocycles. The second kappa shape index (κ2) is 8.28. The second-order valence-corrected chi connectivity index (χ2v) is 7.93. The molecule has 0 radical (unpaired) electrons. The maximum absolute atomic E-state index is 12.4. The van der Waals surface area contributed by atoms with Crippen molar-refractivity contribution in [3.8, 4) is 11.4 Å². The van der Waals surface area contributed by atoms with Gasteiger partial charge in [-0.15, -0.1) is 0 Å². The maximum atomic E-state index is 12.4. The largest absolute Gasteiger partial charge is 0.344 e. The van der Waals surface area contributed by atoms with Gasteiger partial charge in [-0.2, -0.15) is 4.98 Å². The molecule has 1 amide bonds. The number of benzene rings is 1. The third kappa shape index (κ3) is 5.60. The molecule has 2 atom stereocenters. The first-order valence-electron chi connectivity index (χ1n) is 8.98. The molecule has 1 aromatic heterocycles. The fourth-order valence-electron chi connectivity index (χ4n) is 2.60. The van der Waals surface area contributed by atoms with Gasteiger partial charge in [-0.25, -0.2) is 0 Å². The number of non-ortho nitro benzene ring substituents is 1. The predicted molar refractivity (Wildman–Crippen MR) is 101 cm³/mol. The van der Waals surface area contributed by atoms with E-state index in [0.717, 1.165) is 6.42 Å². The topological polar surface area (TPSA) is 111 Å². The second-order valence-electron chi connectivity index (χ2n) is 7.93. The first-order valence-corrected chi connectivity index (χ1v) is 8.98. The van der Waals surface area contributed by atoms with Gasteiger partial charge in [0.25, 0.3) is 5.69 Å². The van der Waals surface area contributed by atoms with Crippen molar-refractivity contribution in [3.63, 3.8) is 0 Å². The summed E-state index contributed by atoms with van der Waals surface area (Å²) in [5.74, 6) is 0.709. The highest BCUT2D eigenvalue weighted by Gasteiger charge is 2.28. The summed E-state index contributed by atoms with van der Waals surface area (Å²) in [6, 6.07) is 5.54. The highest BCUT2D eigenvalue weighted by Crippen LogP contribution is 2.27. The minimum absolute atomic E-state index is 0.00519. The molecule has 1 N–H and O–H groups in total. The number of nitro benzene ring substituents is 1. The van der Waals surface area contributed by atoms with E-state index in [9.17, 15) is 14.9 Å². The molecule has 0 spiro atoms. The predicted octanol–water partition coefficient (Wildman–Crippen LogP) is 4.28. The number of aromatic nitrogens is 2. The van der Waals surface area contributed by atoms with Crippen molar-refractivity contribution in [1.82, 2.24) is 15.5 Å². The van der Waals surface area contributed by atoms with E-state index in [-0.39, 0.29) is 29.0 Å². The smallest absolute Gasteiger partial charge is 0.269 e. The highest BCUT2D eigenvalue weighted by atomic mass is 16.6. The fraction of sp³-hybridized carbons (Fsp3) is 0.526. The molecule has 27 heavy (non-hydrogen) atoms. The Morgan fingerprint density at radius 3 is 2.44 bits per heavy atom. The van der Waals surface area contributed by atoms with Gasteiger partial charge in [0.1, 0.15) is 6.04 Å². The third-order valence-electron chi connectivity index (χ3n) is 4.26. The van der Waals surface area contributed by atoms with Crippen molar-refractivity contribution in [1.29, 1.82) is 0 Å². The lowest BCUT2D eigenvalue weighted by molar-refractivity contribution is -0.384. The van der Waals surface area contributed by atoms with Crippen molar-refractivity contribution in [2.24, 2.45) is 11.3 Å². The zero-order valence-electron chi connectivity index (χ0n) is 16.4. The van der Waals surface area contributed by atoms with Crippen LogP contribution in [0.15, 0.2) is 28.8 Å². The quantitative estimate of drug-likeness (QED) is 0.572. The van der Waals surface area contributed by atoms with Crippen LogP contribution in [0.1, 0.15) is 59.4 Å². The number of nitro groups is 1. The molecule has 0 aliphatic rings. The van der Waals surface area contributed by atoms with Gasteiger partial charge >= 0.3 is 0 Å². The van der Waals surface area contributed by atoms with Crippen LogP contribution >= 0.6 is 0 Å². The summed E-state index contributed by atoms with van der Waals surface area (Å²) < 4.78 is 5.40. The molecule has 1 heterocycles. The van der Waals surface area contributed by atoms with E-state index in [4.69, 9.17) is 4.52 Å². The number of hydrogen-bond acceptors (Lipinski definition) is 6. The average Bonchev–Trinajstić information content (AvgIpc) is 3.07. The summed E-state index contributed by atoms with van der Waals surface area (Å²) in [6.45, 7) is 10.1. The summed E-state index contributed by atoms with van der Waals surface area (Å²) >= 11 is 0. The molecule has 0 saturated carbocycles. The molecule has 8 heteroatoms. The molecule has 1 aromatic carbocycles. The van der Waals surface area contributed by atoms with Gasteiger partial charge in [0.15, 0.2) is 0 Å². The number of nitrogens with one attached hydrogen (secondary N) is 1. The molecule has 2 aromatic rings. The van der Waals surface area contributed by atoms with Crippen molar-refractivity contribution in [3.05, 3.63) is 40.3 Å². The normalized spacial score (nSPS) is 13.8. The summed E-state index contributed by atoms with van der Waals surface area (Å²) in [5, 5.41) is 17.7. The van der Waals surface area contributed by atoms with E-state index < -0.39 is 4.92 Å². The average molecular weight is 374 g/mol. The van der Waals surface area contributed by atoms with E-state index in [1.54, 1.807) is 12.1 Å². The lowest BCUT2D eigenvalue weighted by Crippen LogP contribution is -2.34. The van der Waals surface area contributed by atoms with E-state index in [1.165, 1.54) is 12.1 Å². The Kier molecular flexibility index (Phi) is 6.30. The van der Waals surface area contributed by atoms with Crippen LogP contribution in [0.4, 0.5) is 5.69 Å². The van der Waals surface area contributed by atoms with Crippen LogP contribution in [0, 0.1) is 21.4 Å². The molecular formula is C19H26N4O4. The number of carbonyl (C=O) groups is 1. The minimum atomic E-state index is -0.463. The van der Waals surface area contributed by atoms with Gasteiger partial charge in [0.2, 0.25) is 17.6 Å². The van der Waals surface area contributed by atoms with Gasteiger partial charge in [-0.3, -0.25) is 14.9 Å². The Morgan fingerprint density at radius 1 is 1.30 bits per heavy atom. The zero-order valence-corrected chi connectivity index (χ0v) is 16.4. The van der Waals surface area contributed by atoms with E-state index in [0.29, 0.717) is 23.7 Å². The van der Waals surface area contributed by atoms with Crippen LogP contribution in [0.5, 0.6) is 0 Å². The van der Waals surface area contributed by atoms with Crippen molar-refractivity contribution in [2.75, 3.05) is 0 Å². The summed E-state index contributed by atoms with van der Waals surface area (Å²) in [5.41, 5.74) is 0.483. The van der Waals surface area contributed by atoms with Crippen LogP contribution in [-0.2, 0) is 4.79 Å². The Labute approximate surface area is 158 Å². The van der Waals surface area contributed by atoms with Gasteiger partial charge in [-0.05, 0) is 23.5 Å². The lowest BCUT2D eigenvalue weighted by atomic mass is 9.91. The van der Waals surface area contributed by atoms with Crippen LogP contribution < -0.4 is 5.32 Å².